The van der Waals surface area contributed by atoms with Crippen molar-refractivity contribution in [2.24, 2.45) is 0 Å². The lowest BCUT2D eigenvalue weighted by Gasteiger charge is -2.30. The molecule has 0 atom stereocenters. The third-order valence-electron chi connectivity index (χ3n) is 7.11. The zero-order chi connectivity index (χ0) is 27.9. The van der Waals surface area contributed by atoms with Gasteiger partial charge in [0.1, 0.15) is 0 Å². The molecular formula is C31H28N4O3S2. The zero-order valence-corrected chi connectivity index (χ0v) is 23.9. The Kier molecular flexibility index (Phi) is 6.85. The first-order valence-electron chi connectivity index (χ1n) is 13.1. The van der Waals surface area contributed by atoms with Gasteiger partial charge in [0.25, 0.3) is 15.9 Å². The molecule has 9 heteroatoms. The van der Waals surface area contributed by atoms with Gasteiger partial charge in [-0.25, -0.2) is 13.4 Å². The Morgan fingerprint density at radius 3 is 2.60 bits per heavy atom. The van der Waals surface area contributed by atoms with Gasteiger partial charge < -0.3 is 0 Å². The Morgan fingerprint density at radius 1 is 1.02 bits per heavy atom. The number of thiazole rings is 1. The Hall–Kier alpha value is -4.08. The number of para-hydroxylation sites is 1. The summed E-state index contributed by atoms with van der Waals surface area (Å²) in [5.41, 5.74) is 6.07. The maximum atomic E-state index is 13.9. The van der Waals surface area contributed by atoms with E-state index >= 15 is 0 Å². The molecule has 5 aromatic rings. The summed E-state index contributed by atoms with van der Waals surface area (Å²) >= 11 is 1.47. The van der Waals surface area contributed by atoms with Crippen LogP contribution in [0.4, 0.5) is 10.8 Å². The molecule has 2 aromatic heterocycles. The van der Waals surface area contributed by atoms with Crippen molar-refractivity contribution in [2.45, 2.75) is 38.1 Å². The maximum absolute atomic E-state index is 13.9. The lowest BCUT2D eigenvalue weighted by Crippen LogP contribution is -2.35. The molecule has 0 bridgehead atoms. The second-order valence-corrected chi connectivity index (χ2v) is 12.9. The van der Waals surface area contributed by atoms with Crippen LogP contribution < -0.4 is 9.21 Å². The summed E-state index contributed by atoms with van der Waals surface area (Å²) in [7, 11) is -3.78. The van der Waals surface area contributed by atoms with Crippen LogP contribution in [0.5, 0.6) is 0 Å². The van der Waals surface area contributed by atoms with Crippen LogP contribution in [-0.4, -0.2) is 30.8 Å². The lowest BCUT2D eigenvalue weighted by molar-refractivity contribution is 0.0985. The molecule has 0 spiro atoms. The van der Waals surface area contributed by atoms with E-state index in [2.05, 4.69) is 11.1 Å². The van der Waals surface area contributed by atoms with Crippen molar-refractivity contribution < 1.29 is 13.2 Å². The van der Waals surface area contributed by atoms with E-state index in [1.165, 1.54) is 27.8 Å². The number of carbonyl (C=O) groups excluding carboxylic acids is 1. The van der Waals surface area contributed by atoms with Crippen LogP contribution in [0.2, 0.25) is 0 Å². The van der Waals surface area contributed by atoms with Crippen molar-refractivity contribution in [3.8, 4) is 0 Å². The summed E-state index contributed by atoms with van der Waals surface area (Å²) in [6, 6.07) is 21.7. The van der Waals surface area contributed by atoms with Crippen molar-refractivity contribution in [2.75, 3.05) is 15.7 Å². The fraction of sp³-hybridized carbons (Fsp3) is 0.194. The number of nitrogens with zero attached hydrogens (tertiary/aromatic N) is 4. The topological polar surface area (TPSA) is 83.5 Å². The quantitative estimate of drug-likeness (QED) is 0.240. The molecule has 202 valence electrons. The molecule has 0 fully saturated rings. The highest BCUT2D eigenvalue weighted by Crippen LogP contribution is 2.35. The van der Waals surface area contributed by atoms with Crippen molar-refractivity contribution in [1.82, 2.24) is 9.97 Å². The van der Waals surface area contributed by atoms with E-state index in [0.717, 1.165) is 51.0 Å². The number of hydrogen-bond donors (Lipinski definition) is 0. The van der Waals surface area contributed by atoms with Gasteiger partial charge in [-0.05, 0) is 91.4 Å². The number of sulfonamides is 1. The minimum absolute atomic E-state index is 0.158. The second-order valence-electron chi connectivity index (χ2n) is 10.0. The fourth-order valence-corrected chi connectivity index (χ4v) is 7.74. The summed E-state index contributed by atoms with van der Waals surface area (Å²) in [6.45, 7) is 4.79. The Bertz CT molecular complexity index is 1820. The number of aromatic nitrogens is 2. The maximum Gasteiger partial charge on any atom is 0.264 e. The molecule has 40 heavy (non-hydrogen) atoms. The first-order chi connectivity index (χ1) is 19.3. The zero-order valence-electron chi connectivity index (χ0n) is 22.2. The standard InChI is InChI=1S/C31H28N4O3S2/c1-21-17-22(2)29-27(18-21)33-31(39-29)34(20-23-7-5-15-32-19-23)30(36)25-11-13-26(14-12-25)40(37,38)35-16-6-9-24-8-3-4-10-28(24)35/h3-5,7-8,10-15,17-19H,6,9,16,20H2,1-2H3. The molecule has 3 heterocycles. The average molecular weight is 569 g/mol. The molecule has 0 saturated heterocycles. The van der Waals surface area contributed by atoms with Gasteiger partial charge in [0.2, 0.25) is 0 Å². The Morgan fingerprint density at radius 2 is 1.82 bits per heavy atom. The first kappa shape index (κ1) is 26.2. The van der Waals surface area contributed by atoms with E-state index in [4.69, 9.17) is 4.98 Å². The van der Waals surface area contributed by atoms with E-state index in [0.29, 0.717) is 17.2 Å². The van der Waals surface area contributed by atoms with Gasteiger partial charge in [0, 0.05) is 24.5 Å². The number of benzene rings is 3. The van der Waals surface area contributed by atoms with Crippen molar-refractivity contribution in [3.05, 3.63) is 113 Å². The normalized spacial score (nSPS) is 13.3. The lowest BCUT2D eigenvalue weighted by atomic mass is 10.0. The summed E-state index contributed by atoms with van der Waals surface area (Å²) in [5, 5.41) is 0.583. The highest BCUT2D eigenvalue weighted by Gasteiger charge is 2.29. The largest absolute Gasteiger partial charge is 0.279 e. The van der Waals surface area contributed by atoms with Crippen LogP contribution in [0.1, 0.15) is 39.0 Å². The average Bonchev–Trinajstić information content (AvgIpc) is 3.40. The van der Waals surface area contributed by atoms with Crippen LogP contribution >= 0.6 is 11.3 Å². The van der Waals surface area contributed by atoms with Gasteiger partial charge >= 0.3 is 0 Å². The summed E-state index contributed by atoms with van der Waals surface area (Å²) in [5.74, 6) is -0.260. The highest BCUT2D eigenvalue weighted by atomic mass is 32.2. The smallest absolute Gasteiger partial charge is 0.264 e. The molecule has 1 aliphatic rings. The monoisotopic (exact) mass is 568 g/mol. The molecule has 0 N–H and O–H groups in total. The Labute approximate surface area is 237 Å². The molecule has 0 aliphatic carbocycles. The molecule has 1 amide bonds. The minimum atomic E-state index is -3.78. The minimum Gasteiger partial charge on any atom is -0.279 e. The van der Waals surface area contributed by atoms with Crippen molar-refractivity contribution >= 4 is 48.3 Å². The van der Waals surface area contributed by atoms with E-state index in [-0.39, 0.29) is 17.3 Å². The predicted molar refractivity (Wildman–Crippen MR) is 160 cm³/mol. The molecule has 6 rings (SSSR count). The third-order valence-corrected chi connectivity index (χ3v) is 10.2. The number of amides is 1. The molecule has 3 aromatic carbocycles. The number of hydrogen-bond acceptors (Lipinski definition) is 6. The predicted octanol–water partition coefficient (Wildman–Crippen LogP) is 6.30. The molecule has 1 aliphatic heterocycles. The number of fused-ring (bicyclic) bond motifs is 2. The second kappa shape index (κ2) is 10.5. The van der Waals surface area contributed by atoms with Gasteiger partial charge in [0.05, 0.1) is 27.3 Å². The highest BCUT2D eigenvalue weighted by molar-refractivity contribution is 7.92. The van der Waals surface area contributed by atoms with Crippen molar-refractivity contribution in [3.63, 3.8) is 0 Å². The van der Waals surface area contributed by atoms with Crippen LogP contribution in [0.3, 0.4) is 0 Å². The fourth-order valence-electron chi connectivity index (χ4n) is 5.18. The summed E-state index contributed by atoms with van der Waals surface area (Å²) in [6.07, 6.45) is 5.04. The molecule has 0 unspecified atom stereocenters. The number of aryl methyl sites for hydroxylation is 3. The summed E-state index contributed by atoms with van der Waals surface area (Å²) < 4.78 is 29.7. The van der Waals surface area contributed by atoms with Gasteiger partial charge in [0.15, 0.2) is 5.13 Å². The number of anilines is 2. The third kappa shape index (κ3) is 4.87. The number of rotatable bonds is 6. The van der Waals surface area contributed by atoms with Crippen LogP contribution in [0.25, 0.3) is 10.2 Å². The van der Waals surface area contributed by atoms with E-state index in [1.807, 2.05) is 56.3 Å². The van der Waals surface area contributed by atoms with Crippen LogP contribution in [0, 0.1) is 13.8 Å². The van der Waals surface area contributed by atoms with E-state index < -0.39 is 10.0 Å². The molecule has 7 nitrogen and oxygen atoms in total. The first-order valence-corrected chi connectivity index (χ1v) is 15.4. The van der Waals surface area contributed by atoms with Crippen molar-refractivity contribution in [1.29, 1.82) is 0 Å². The number of carbonyl (C=O) groups is 1. The van der Waals surface area contributed by atoms with Gasteiger partial charge in [-0.3, -0.25) is 19.0 Å². The Balaban J connectivity index is 1.34. The van der Waals surface area contributed by atoms with Gasteiger partial charge in [-0.1, -0.05) is 41.7 Å². The summed E-state index contributed by atoms with van der Waals surface area (Å²) in [4.78, 5) is 24.7. The van der Waals surface area contributed by atoms with Gasteiger partial charge in [-0.2, -0.15) is 0 Å². The SMILES string of the molecule is Cc1cc(C)c2sc(N(Cc3cccnc3)C(=O)c3ccc(S(=O)(=O)N4CCCc5ccccc54)cc3)nc2c1. The number of pyridine rings is 1. The molecule has 0 radical (unpaired) electrons. The van der Waals surface area contributed by atoms with E-state index in [1.54, 1.807) is 29.4 Å². The van der Waals surface area contributed by atoms with Crippen LogP contribution in [0.15, 0.2) is 90.1 Å². The van der Waals surface area contributed by atoms with Gasteiger partial charge in [-0.15, -0.1) is 0 Å². The van der Waals surface area contributed by atoms with Crippen LogP contribution in [-0.2, 0) is 23.0 Å². The van der Waals surface area contributed by atoms with E-state index in [9.17, 15) is 13.2 Å². The molecule has 0 saturated carbocycles. The molecular weight excluding hydrogens is 541 g/mol.